The first-order chi connectivity index (χ1) is 14.0. The van der Waals surface area contributed by atoms with Gasteiger partial charge in [-0.3, -0.25) is 4.99 Å². The van der Waals surface area contributed by atoms with Crippen molar-refractivity contribution in [2.24, 2.45) is 10.4 Å². The molecule has 1 aromatic carbocycles. The van der Waals surface area contributed by atoms with Gasteiger partial charge in [0.25, 0.3) is 0 Å². The Morgan fingerprint density at radius 1 is 1.17 bits per heavy atom. The predicted molar refractivity (Wildman–Crippen MR) is 122 cm³/mol. The molecule has 1 aliphatic heterocycles. The quantitative estimate of drug-likeness (QED) is 0.391. The summed E-state index contributed by atoms with van der Waals surface area (Å²) in [5, 5.41) is 17.3. The Bertz CT molecular complexity index is 641. The van der Waals surface area contributed by atoms with E-state index in [-0.39, 0.29) is 17.4 Å². The summed E-state index contributed by atoms with van der Waals surface area (Å²) >= 11 is 6.58. The fourth-order valence-corrected chi connectivity index (χ4v) is 4.52. The molecule has 29 heavy (non-hydrogen) atoms. The van der Waals surface area contributed by atoms with E-state index in [0.717, 1.165) is 69.4 Å². The van der Waals surface area contributed by atoms with E-state index < -0.39 is 0 Å². The Kier molecular flexibility index (Phi) is 9.73. The van der Waals surface area contributed by atoms with Crippen LogP contribution in [-0.2, 0) is 10.2 Å². The van der Waals surface area contributed by atoms with Crippen LogP contribution in [0.2, 0.25) is 5.02 Å². The molecular weight excluding hydrogens is 386 g/mol. The summed E-state index contributed by atoms with van der Waals surface area (Å²) in [6, 6.07) is 8.15. The second-order valence-electron chi connectivity index (χ2n) is 8.10. The molecule has 6 heteroatoms. The number of nitrogens with one attached hydrogen (secondary N) is 2. The first kappa shape index (κ1) is 24.0. The minimum absolute atomic E-state index is 0.0518. The Balaban J connectivity index is 2.19. The summed E-state index contributed by atoms with van der Waals surface area (Å²) in [6.45, 7) is 10.4. The molecule has 0 bridgehead atoms. The van der Waals surface area contributed by atoms with E-state index in [0.29, 0.717) is 6.54 Å². The van der Waals surface area contributed by atoms with Gasteiger partial charge in [-0.1, -0.05) is 43.6 Å². The molecule has 0 amide bonds. The number of aliphatic imine (C=N–C) groups is 1. The van der Waals surface area contributed by atoms with Crippen LogP contribution in [-0.4, -0.2) is 50.5 Å². The molecule has 0 spiro atoms. The largest absolute Gasteiger partial charge is 0.396 e. The summed E-state index contributed by atoms with van der Waals surface area (Å²) in [4.78, 5) is 4.90. The normalized spacial score (nSPS) is 17.2. The molecule has 1 aliphatic rings. The highest BCUT2D eigenvalue weighted by molar-refractivity contribution is 6.31. The van der Waals surface area contributed by atoms with Crippen molar-refractivity contribution in [2.45, 2.75) is 58.3 Å². The third-order valence-corrected chi connectivity index (χ3v) is 6.88. The first-order valence-electron chi connectivity index (χ1n) is 11.0. The molecule has 5 nitrogen and oxygen atoms in total. The maximum atomic E-state index is 9.49. The standard InChI is InChI=1S/C23H38ClN3O2/c1-4-22(5-2,11-14-28)17-26-21(25-6-3)27-18-23(12-15-29-16-13-23)19-9-7-8-10-20(19)24/h7-10,28H,4-6,11-18H2,1-3H3,(H2,25,26,27). The van der Waals surface area contributed by atoms with Gasteiger partial charge in [0.1, 0.15) is 0 Å². The molecule has 3 N–H and O–H groups in total. The highest BCUT2D eigenvalue weighted by atomic mass is 35.5. The van der Waals surface area contributed by atoms with E-state index >= 15 is 0 Å². The Labute approximate surface area is 181 Å². The van der Waals surface area contributed by atoms with Gasteiger partial charge in [-0.25, -0.2) is 0 Å². The third kappa shape index (κ3) is 6.34. The van der Waals surface area contributed by atoms with Crippen LogP contribution < -0.4 is 10.6 Å². The SMILES string of the molecule is CCNC(=NCC(CC)(CC)CCO)NCC1(c2ccccc2Cl)CCOCC1. The number of ether oxygens (including phenoxy) is 1. The fourth-order valence-electron chi connectivity index (χ4n) is 4.18. The molecule has 0 atom stereocenters. The van der Waals surface area contributed by atoms with Gasteiger partial charge >= 0.3 is 0 Å². The van der Waals surface area contributed by atoms with E-state index in [4.69, 9.17) is 21.3 Å². The maximum Gasteiger partial charge on any atom is 0.191 e. The van der Waals surface area contributed by atoms with Gasteiger partial charge in [0.2, 0.25) is 0 Å². The molecule has 1 aromatic rings. The molecule has 0 aliphatic carbocycles. The number of benzene rings is 1. The zero-order chi connectivity index (χ0) is 21.2. The molecule has 0 unspecified atom stereocenters. The Morgan fingerprint density at radius 2 is 1.86 bits per heavy atom. The molecule has 1 saturated heterocycles. The van der Waals surface area contributed by atoms with Crippen LogP contribution >= 0.6 is 11.6 Å². The van der Waals surface area contributed by atoms with Crippen LogP contribution in [0.25, 0.3) is 0 Å². The lowest BCUT2D eigenvalue weighted by Crippen LogP contribution is -2.48. The van der Waals surface area contributed by atoms with Gasteiger partial charge in [0, 0.05) is 49.9 Å². The van der Waals surface area contributed by atoms with Gasteiger partial charge in [0.05, 0.1) is 0 Å². The maximum absolute atomic E-state index is 9.49. The molecule has 2 rings (SSSR count). The molecule has 164 valence electrons. The van der Waals surface area contributed by atoms with Crippen molar-refractivity contribution in [3.63, 3.8) is 0 Å². The van der Waals surface area contributed by atoms with Crippen LogP contribution in [0, 0.1) is 5.41 Å². The minimum Gasteiger partial charge on any atom is -0.396 e. The Hall–Kier alpha value is -1.30. The molecule has 0 saturated carbocycles. The zero-order valence-corrected chi connectivity index (χ0v) is 19.0. The Morgan fingerprint density at radius 3 is 2.45 bits per heavy atom. The lowest BCUT2D eigenvalue weighted by Gasteiger charge is -2.39. The number of hydrogen-bond acceptors (Lipinski definition) is 3. The first-order valence-corrected chi connectivity index (χ1v) is 11.4. The topological polar surface area (TPSA) is 65.9 Å². The second-order valence-corrected chi connectivity index (χ2v) is 8.51. The van der Waals surface area contributed by atoms with Crippen LogP contribution in [0.15, 0.2) is 29.3 Å². The van der Waals surface area contributed by atoms with E-state index in [9.17, 15) is 5.11 Å². The van der Waals surface area contributed by atoms with Gasteiger partial charge in [0.15, 0.2) is 5.96 Å². The van der Waals surface area contributed by atoms with Crippen molar-refractivity contribution < 1.29 is 9.84 Å². The number of aliphatic hydroxyl groups excluding tert-OH is 1. The molecule has 0 radical (unpaired) electrons. The smallest absolute Gasteiger partial charge is 0.191 e. The third-order valence-electron chi connectivity index (χ3n) is 6.55. The van der Waals surface area contributed by atoms with Gasteiger partial charge in [-0.05, 0) is 56.1 Å². The summed E-state index contributed by atoms with van der Waals surface area (Å²) in [7, 11) is 0. The summed E-state index contributed by atoms with van der Waals surface area (Å²) in [5.41, 5.74) is 1.17. The van der Waals surface area contributed by atoms with Crippen molar-refractivity contribution in [1.29, 1.82) is 0 Å². The second kappa shape index (κ2) is 11.8. The fraction of sp³-hybridized carbons (Fsp3) is 0.696. The van der Waals surface area contributed by atoms with E-state index in [1.807, 2.05) is 12.1 Å². The summed E-state index contributed by atoms with van der Waals surface area (Å²) < 4.78 is 5.65. The van der Waals surface area contributed by atoms with Crippen molar-refractivity contribution in [3.05, 3.63) is 34.9 Å². The summed E-state index contributed by atoms with van der Waals surface area (Å²) in [6.07, 6.45) is 4.66. The van der Waals surface area contributed by atoms with Crippen LogP contribution in [0.4, 0.5) is 0 Å². The number of nitrogens with zero attached hydrogens (tertiary/aromatic N) is 1. The van der Waals surface area contributed by atoms with E-state index in [2.05, 4.69) is 43.5 Å². The van der Waals surface area contributed by atoms with Crippen molar-refractivity contribution in [3.8, 4) is 0 Å². The molecular formula is C23H38ClN3O2. The number of hydrogen-bond donors (Lipinski definition) is 3. The van der Waals surface area contributed by atoms with E-state index in [1.165, 1.54) is 5.56 Å². The summed E-state index contributed by atoms with van der Waals surface area (Å²) in [5.74, 6) is 0.828. The number of aliphatic hydroxyl groups is 1. The lowest BCUT2D eigenvalue weighted by atomic mass is 9.74. The van der Waals surface area contributed by atoms with Gasteiger partial charge in [-0.15, -0.1) is 0 Å². The van der Waals surface area contributed by atoms with Crippen LogP contribution in [0.3, 0.4) is 0 Å². The molecule has 0 aromatic heterocycles. The zero-order valence-electron chi connectivity index (χ0n) is 18.3. The van der Waals surface area contributed by atoms with Crippen LogP contribution in [0.1, 0.15) is 58.4 Å². The molecule has 1 heterocycles. The highest BCUT2D eigenvalue weighted by Gasteiger charge is 2.36. The number of guanidine groups is 1. The number of rotatable bonds is 10. The van der Waals surface area contributed by atoms with Crippen molar-refractivity contribution in [2.75, 3.05) is 39.5 Å². The van der Waals surface area contributed by atoms with Gasteiger partial charge < -0.3 is 20.5 Å². The van der Waals surface area contributed by atoms with Crippen LogP contribution in [0.5, 0.6) is 0 Å². The average molecular weight is 424 g/mol. The number of halogens is 1. The molecule has 1 fully saturated rings. The van der Waals surface area contributed by atoms with Crippen molar-refractivity contribution >= 4 is 17.6 Å². The van der Waals surface area contributed by atoms with Gasteiger partial charge in [-0.2, -0.15) is 0 Å². The monoisotopic (exact) mass is 423 g/mol. The van der Waals surface area contributed by atoms with Crippen molar-refractivity contribution in [1.82, 2.24) is 10.6 Å². The lowest BCUT2D eigenvalue weighted by molar-refractivity contribution is 0.0514. The predicted octanol–water partition coefficient (Wildman–Crippen LogP) is 4.13. The van der Waals surface area contributed by atoms with E-state index in [1.54, 1.807) is 0 Å². The average Bonchev–Trinajstić information content (AvgIpc) is 2.75. The highest BCUT2D eigenvalue weighted by Crippen LogP contribution is 2.38. The minimum atomic E-state index is -0.0650.